The number of aliphatic hydroxyl groups is 1. The Bertz CT molecular complexity index is 796. The van der Waals surface area contributed by atoms with Crippen LogP contribution in [0.2, 0.25) is 0 Å². The number of ketones is 1. The van der Waals surface area contributed by atoms with E-state index in [1.165, 1.54) is 16.0 Å². The summed E-state index contributed by atoms with van der Waals surface area (Å²) in [6.45, 7) is 1.78. The number of Topliss-reactive ketones (excluding diaryl/α,β-unsaturated/α-hetero) is 1. The molecule has 0 aromatic heterocycles. The molecule has 4 rings (SSSR count). The zero-order chi connectivity index (χ0) is 18.8. The van der Waals surface area contributed by atoms with Gasteiger partial charge in [0.1, 0.15) is 0 Å². The lowest BCUT2D eigenvalue weighted by Crippen LogP contribution is -2.51. The van der Waals surface area contributed by atoms with Crippen molar-refractivity contribution in [1.29, 1.82) is 0 Å². The number of aliphatic hydroxyl groups excluding tert-OH is 1. The highest BCUT2D eigenvalue weighted by Crippen LogP contribution is 2.29. The van der Waals surface area contributed by atoms with Crippen LogP contribution < -0.4 is 0 Å². The monoisotopic (exact) mass is 381 g/mol. The molecule has 2 aliphatic rings. The van der Waals surface area contributed by atoms with Gasteiger partial charge >= 0.3 is 0 Å². The lowest BCUT2D eigenvalue weighted by atomic mass is 9.83. The molecule has 0 saturated carbocycles. The Hall–Kier alpha value is -1.62. The van der Waals surface area contributed by atoms with E-state index in [9.17, 15) is 9.90 Å². The molecule has 27 heavy (non-hydrogen) atoms. The Morgan fingerprint density at radius 2 is 1.63 bits per heavy atom. The molecule has 2 atom stereocenters. The zero-order valence-electron chi connectivity index (χ0n) is 15.8. The van der Waals surface area contributed by atoms with E-state index in [0.717, 1.165) is 44.3 Å². The van der Waals surface area contributed by atoms with Gasteiger partial charge in [0.15, 0.2) is 5.78 Å². The number of carbonyl (C=O) groups is 1. The maximum atomic E-state index is 12.8. The topological polar surface area (TPSA) is 40.5 Å². The molecule has 2 aromatic carbocycles. The van der Waals surface area contributed by atoms with E-state index in [1.54, 1.807) is 11.8 Å². The van der Waals surface area contributed by atoms with Crippen LogP contribution in [0.3, 0.4) is 0 Å². The Balaban J connectivity index is 1.38. The predicted octanol–water partition coefficient (Wildman–Crippen LogP) is 3.83. The van der Waals surface area contributed by atoms with Gasteiger partial charge in [-0.2, -0.15) is 0 Å². The third kappa shape index (κ3) is 3.98. The smallest absolute Gasteiger partial charge is 0.166 e. The summed E-state index contributed by atoms with van der Waals surface area (Å²) >= 11 is 1.69. The lowest BCUT2D eigenvalue weighted by molar-refractivity contribution is 0.0239. The number of piperidine rings is 1. The molecule has 0 radical (unpaired) electrons. The molecule has 4 heteroatoms. The normalized spacial score (nSPS) is 23.8. The number of thioether (sulfide) groups is 1. The van der Waals surface area contributed by atoms with Gasteiger partial charge in [0.05, 0.1) is 6.10 Å². The fourth-order valence-corrected chi connectivity index (χ4v) is 4.94. The molecule has 0 bridgehead atoms. The molecule has 0 unspecified atom stereocenters. The third-order valence-electron chi connectivity index (χ3n) is 6.16. The van der Waals surface area contributed by atoms with Gasteiger partial charge in [0.25, 0.3) is 0 Å². The summed E-state index contributed by atoms with van der Waals surface area (Å²) < 4.78 is 0. The van der Waals surface area contributed by atoms with Crippen molar-refractivity contribution in [2.75, 3.05) is 19.3 Å². The van der Waals surface area contributed by atoms with E-state index in [-0.39, 0.29) is 23.8 Å². The van der Waals surface area contributed by atoms with Gasteiger partial charge in [-0.05, 0) is 61.9 Å². The summed E-state index contributed by atoms with van der Waals surface area (Å²) in [6.07, 6.45) is 5.14. The van der Waals surface area contributed by atoms with Gasteiger partial charge in [-0.3, -0.25) is 9.69 Å². The van der Waals surface area contributed by atoms with Crippen LogP contribution in [0.4, 0.5) is 0 Å². The SMILES string of the molecule is CSc1ccc(C(=O)C2CCN([C@@H]3Cc4ccccc4C[C@H]3O)CC2)cc1. The van der Waals surface area contributed by atoms with Crippen molar-refractivity contribution in [3.63, 3.8) is 0 Å². The van der Waals surface area contributed by atoms with Crippen LogP contribution in [-0.2, 0) is 12.8 Å². The molecule has 0 amide bonds. The summed E-state index contributed by atoms with van der Waals surface area (Å²) in [5.41, 5.74) is 3.47. The van der Waals surface area contributed by atoms with Crippen LogP contribution in [0.1, 0.15) is 34.3 Å². The fraction of sp³-hybridized carbons (Fsp3) is 0.435. The van der Waals surface area contributed by atoms with Crippen LogP contribution in [-0.4, -0.2) is 47.3 Å². The minimum atomic E-state index is -0.314. The van der Waals surface area contributed by atoms with Gasteiger partial charge in [0, 0.05) is 28.8 Å². The van der Waals surface area contributed by atoms with Crippen molar-refractivity contribution < 1.29 is 9.90 Å². The Kier molecular flexibility index (Phi) is 5.67. The van der Waals surface area contributed by atoms with Crippen LogP contribution in [0.15, 0.2) is 53.4 Å². The number of fused-ring (bicyclic) bond motifs is 1. The molecule has 0 spiro atoms. The number of hydrogen-bond donors (Lipinski definition) is 1. The molecular weight excluding hydrogens is 354 g/mol. The Labute approximate surface area is 165 Å². The van der Waals surface area contributed by atoms with Crippen LogP contribution in [0, 0.1) is 5.92 Å². The third-order valence-corrected chi connectivity index (χ3v) is 6.91. The summed E-state index contributed by atoms with van der Waals surface area (Å²) in [5.74, 6) is 0.381. The van der Waals surface area contributed by atoms with Gasteiger partial charge in [-0.1, -0.05) is 36.4 Å². The second kappa shape index (κ2) is 8.17. The molecule has 1 aliphatic heterocycles. The van der Waals surface area contributed by atoms with Gasteiger partial charge < -0.3 is 5.11 Å². The summed E-state index contributed by atoms with van der Waals surface area (Å²) in [5, 5.41) is 10.7. The molecule has 142 valence electrons. The molecule has 1 aliphatic carbocycles. The molecule has 1 heterocycles. The first-order valence-corrected chi connectivity index (χ1v) is 11.1. The van der Waals surface area contributed by atoms with Crippen molar-refractivity contribution in [2.45, 2.75) is 42.7 Å². The molecule has 1 fully saturated rings. The quantitative estimate of drug-likeness (QED) is 0.645. The van der Waals surface area contributed by atoms with Crippen LogP contribution in [0.25, 0.3) is 0 Å². The number of nitrogens with zero attached hydrogens (tertiary/aromatic N) is 1. The summed E-state index contributed by atoms with van der Waals surface area (Å²) in [7, 11) is 0. The maximum Gasteiger partial charge on any atom is 0.166 e. The molecular formula is C23H27NO2S. The number of likely N-dealkylation sites (tertiary alicyclic amines) is 1. The predicted molar refractivity (Wildman–Crippen MR) is 110 cm³/mol. The largest absolute Gasteiger partial charge is 0.391 e. The minimum Gasteiger partial charge on any atom is -0.391 e. The van der Waals surface area contributed by atoms with Gasteiger partial charge in [-0.25, -0.2) is 0 Å². The van der Waals surface area contributed by atoms with Gasteiger partial charge in [0.2, 0.25) is 0 Å². The van der Waals surface area contributed by atoms with Crippen molar-refractivity contribution in [3.8, 4) is 0 Å². The lowest BCUT2D eigenvalue weighted by Gasteiger charge is -2.41. The van der Waals surface area contributed by atoms with Crippen LogP contribution >= 0.6 is 11.8 Å². The number of benzene rings is 2. The van der Waals surface area contributed by atoms with E-state index in [4.69, 9.17) is 0 Å². The standard InChI is InChI=1S/C23H27NO2S/c1-27-20-8-6-16(7-9-20)23(26)17-10-12-24(13-11-17)21-14-18-4-2-3-5-19(18)15-22(21)25/h2-9,17,21-22,25H,10-15H2,1H3/t21-,22-/m1/s1. The summed E-state index contributed by atoms with van der Waals surface area (Å²) in [6, 6.07) is 16.6. The molecule has 3 nitrogen and oxygen atoms in total. The van der Waals surface area contributed by atoms with Crippen molar-refractivity contribution in [3.05, 3.63) is 65.2 Å². The van der Waals surface area contributed by atoms with E-state index >= 15 is 0 Å². The fourth-order valence-electron chi connectivity index (χ4n) is 4.54. The highest BCUT2D eigenvalue weighted by atomic mass is 32.2. The highest BCUT2D eigenvalue weighted by molar-refractivity contribution is 7.98. The first kappa shape index (κ1) is 18.7. The second-order valence-electron chi connectivity index (χ2n) is 7.71. The Morgan fingerprint density at radius 1 is 1.00 bits per heavy atom. The maximum absolute atomic E-state index is 12.8. The minimum absolute atomic E-state index is 0.106. The first-order valence-electron chi connectivity index (χ1n) is 9.83. The van der Waals surface area contributed by atoms with Crippen molar-refractivity contribution >= 4 is 17.5 Å². The molecule has 2 aromatic rings. The van der Waals surface area contributed by atoms with Crippen LogP contribution in [0.5, 0.6) is 0 Å². The average Bonchev–Trinajstić information content (AvgIpc) is 2.73. The van der Waals surface area contributed by atoms with Crippen molar-refractivity contribution in [2.24, 2.45) is 5.92 Å². The van der Waals surface area contributed by atoms with Gasteiger partial charge in [-0.15, -0.1) is 11.8 Å². The van der Waals surface area contributed by atoms with E-state index < -0.39 is 0 Å². The second-order valence-corrected chi connectivity index (χ2v) is 8.59. The summed E-state index contributed by atoms with van der Waals surface area (Å²) in [4.78, 5) is 16.4. The van der Waals surface area contributed by atoms with E-state index in [1.807, 2.05) is 30.5 Å². The molecule has 1 saturated heterocycles. The molecule has 1 N–H and O–H groups in total. The Morgan fingerprint density at radius 3 is 2.26 bits per heavy atom. The highest BCUT2D eigenvalue weighted by Gasteiger charge is 2.35. The van der Waals surface area contributed by atoms with E-state index in [0.29, 0.717) is 0 Å². The van der Waals surface area contributed by atoms with E-state index in [2.05, 4.69) is 29.2 Å². The first-order chi connectivity index (χ1) is 13.2. The number of rotatable bonds is 4. The number of carbonyl (C=O) groups excluding carboxylic acids is 1. The average molecular weight is 382 g/mol. The van der Waals surface area contributed by atoms with Crippen molar-refractivity contribution in [1.82, 2.24) is 4.90 Å². The number of hydrogen-bond acceptors (Lipinski definition) is 4. The zero-order valence-corrected chi connectivity index (χ0v) is 16.6.